The molecule has 0 amide bonds. The van der Waals surface area contributed by atoms with Crippen molar-refractivity contribution in [2.75, 3.05) is 6.54 Å². The molecule has 2 atom stereocenters. The highest BCUT2D eigenvalue weighted by atomic mass is 16.3. The van der Waals surface area contributed by atoms with E-state index in [9.17, 15) is 0 Å². The predicted octanol–water partition coefficient (Wildman–Crippen LogP) is -1.16. The SMILES string of the molecule is CC1CNC(O)N1. The van der Waals surface area contributed by atoms with Gasteiger partial charge in [-0.2, -0.15) is 0 Å². The predicted molar refractivity (Wildman–Crippen MR) is 26.6 cm³/mol. The van der Waals surface area contributed by atoms with Gasteiger partial charge in [-0.25, -0.2) is 0 Å². The average molecular weight is 102 g/mol. The van der Waals surface area contributed by atoms with Crippen molar-refractivity contribution < 1.29 is 5.11 Å². The third-order valence-electron chi connectivity index (χ3n) is 1.06. The zero-order valence-corrected chi connectivity index (χ0v) is 4.31. The van der Waals surface area contributed by atoms with Crippen LogP contribution in [-0.2, 0) is 0 Å². The molecule has 0 aliphatic carbocycles. The van der Waals surface area contributed by atoms with E-state index in [2.05, 4.69) is 10.6 Å². The number of hydrogen-bond acceptors (Lipinski definition) is 3. The minimum absolute atomic E-state index is 0.412. The Morgan fingerprint density at radius 3 is 2.57 bits per heavy atom. The van der Waals surface area contributed by atoms with Gasteiger partial charge in [0.15, 0.2) is 6.35 Å². The van der Waals surface area contributed by atoms with Crippen LogP contribution in [0.4, 0.5) is 0 Å². The van der Waals surface area contributed by atoms with Crippen LogP contribution in [0.5, 0.6) is 0 Å². The first-order valence-corrected chi connectivity index (χ1v) is 2.46. The van der Waals surface area contributed by atoms with E-state index in [-0.39, 0.29) is 0 Å². The fraction of sp³-hybridized carbons (Fsp3) is 1.00. The summed E-state index contributed by atoms with van der Waals surface area (Å²) in [6, 6.07) is 0.412. The molecule has 1 aliphatic rings. The van der Waals surface area contributed by atoms with Crippen LogP contribution in [0.3, 0.4) is 0 Å². The molecule has 0 saturated carbocycles. The molecule has 0 aromatic carbocycles. The largest absolute Gasteiger partial charge is 0.365 e. The van der Waals surface area contributed by atoms with Crippen molar-refractivity contribution in [2.24, 2.45) is 0 Å². The van der Waals surface area contributed by atoms with E-state index in [1.165, 1.54) is 0 Å². The lowest BCUT2D eigenvalue weighted by Crippen LogP contribution is -2.31. The topological polar surface area (TPSA) is 44.3 Å². The van der Waals surface area contributed by atoms with Crippen LogP contribution < -0.4 is 10.6 Å². The Morgan fingerprint density at radius 2 is 2.43 bits per heavy atom. The van der Waals surface area contributed by atoms with E-state index in [4.69, 9.17) is 5.11 Å². The van der Waals surface area contributed by atoms with Crippen LogP contribution in [0.25, 0.3) is 0 Å². The lowest BCUT2D eigenvalue weighted by atomic mass is 10.4. The van der Waals surface area contributed by atoms with E-state index in [0.29, 0.717) is 6.04 Å². The maximum absolute atomic E-state index is 8.68. The van der Waals surface area contributed by atoms with Crippen molar-refractivity contribution in [3.8, 4) is 0 Å². The van der Waals surface area contributed by atoms with Crippen LogP contribution in [0.2, 0.25) is 0 Å². The van der Waals surface area contributed by atoms with Crippen molar-refractivity contribution in [1.29, 1.82) is 0 Å². The summed E-state index contributed by atoms with van der Waals surface area (Å²) >= 11 is 0. The summed E-state index contributed by atoms with van der Waals surface area (Å²) in [6.45, 7) is 2.88. The second-order valence-corrected chi connectivity index (χ2v) is 1.88. The molecule has 3 N–H and O–H groups in total. The van der Waals surface area contributed by atoms with Crippen LogP contribution in [0, 0.1) is 0 Å². The van der Waals surface area contributed by atoms with Gasteiger partial charge < -0.3 is 5.11 Å². The molecule has 2 unspecified atom stereocenters. The van der Waals surface area contributed by atoms with Gasteiger partial charge in [0, 0.05) is 12.6 Å². The van der Waals surface area contributed by atoms with E-state index in [1.54, 1.807) is 0 Å². The van der Waals surface area contributed by atoms with Gasteiger partial charge in [-0.15, -0.1) is 0 Å². The second-order valence-electron chi connectivity index (χ2n) is 1.88. The van der Waals surface area contributed by atoms with Gasteiger partial charge in [0.1, 0.15) is 0 Å². The Balaban J connectivity index is 2.26. The number of aliphatic hydroxyl groups is 1. The Labute approximate surface area is 42.7 Å². The molecule has 1 rings (SSSR count). The third-order valence-corrected chi connectivity index (χ3v) is 1.06. The molecule has 1 heterocycles. The Bertz CT molecular complexity index is 58.7. The van der Waals surface area contributed by atoms with Gasteiger partial charge >= 0.3 is 0 Å². The first-order chi connectivity index (χ1) is 3.29. The Hall–Kier alpha value is -0.120. The molecule has 1 aliphatic heterocycles. The number of nitrogens with one attached hydrogen (secondary N) is 2. The monoisotopic (exact) mass is 102 g/mol. The highest BCUT2D eigenvalue weighted by Gasteiger charge is 2.14. The molecule has 42 valence electrons. The molecule has 7 heavy (non-hydrogen) atoms. The maximum atomic E-state index is 8.68. The van der Waals surface area contributed by atoms with Gasteiger partial charge in [0.05, 0.1) is 0 Å². The van der Waals surface area contributed by atoms with E-state index >= 15 is 0 Å². The van der Waals surface area contributed by atoms with E-state index in [0.717, 1.165) is 6.54 Å². The fourth-order valence-electron chi connectivity index (χ4n) is 0.676. The molecule has 3 nitrogen and oxygen atoms in total. The highest BCUT2D eigenvalue weighted by molar-refractivity contribution is 4.72. The second kappa shape index (κ2) is 1.78. The lowest BCUT2D eigenvalue weighted by Gasteiger charge is -1.99. The summed E-state index contributed by atoms with van der Waals surface area (Å²) in [4.78, 5) is 0. The van der Waals surface area contributed by atoms with Gasteiger partial charge in [-0.3, -0.25) is 10.6 Å². The van der Waals surface area contributed by atoms with Crippen LogP contribution in [0.15, 0.2) is 0 Å². The molecule has 0 bridgehead atoms. The minimum Gasteiger partial charge on any atom is -0.365 e. The Morgan fingerprint density at radius 1 is 1.71 bits per heavy atom. The summed E-state index contributed by atoms with van der Waals surface area (Å²) in [6.07, 6.45) is -0.477. The van der Waals surface area contributed by atoms with Crippen molar-refractivity contribution >= 4 is 0 Å². The Kier molecular flexibility index (Phi) is 1.27. The summed E-state index contributed by atoms with van der Waals surface area (Å²) < 4.78 is 0. The van der Waals surface area contributed by atoms with Crippen LogP contribution >= 0.6 is 0 Å². The van der Waals surface area contributed by atoms with Crippen molar-refractivity contribution in [3.05, 3.63) is 0 Å². The quantitative estimate of drug-likeness (QED) is 0.361. The van der Waals surface area contributed by atoms with E-state index < -0.39 is 6.35 Å². The standard InChI is InChI=1S/C4H10N2O/c1-3-2-5-4(7)6-3/h3-7H,2H2,1H3. The normalized spacial score (nSPS) is 42.0. The van der Waals surface area contributed by atoms with Gasteiger partial charge in [-0.1, -0.05) is 0 Å². The number of rotatable bonds is 0. The molecule has 1 fully saturated rings. The molecular formula is C4H10N2O. The van der Waals surface area contributed by atoms with Gasteiger partial charge in [0.25, 0.3) is 0 Å². The molecule has 0 radical (unpaired) electrons. The molecular weight excluding hydrogens is 92.1 g/mol. The van der Waals surface area contributed by atoms with Crippen molar-refractivity contribution in [1.82, 2.24) is 10.6 Å². The number of hydrogen-bond donors (Lipinski definition) is 3. The average Bonchev–Trinajstić information content (AvgIpc) is 1.87. The van der Waals surface area contributed by atoms with Crippen LogP contribution in [-0.4, -0.2) is 24.0 Å². The van der Waals surface area contributed by atoms with Gasteiger partial charge in [-0.05, 0) is 6.92 Å². The smallest absolute Gasteiger partial charge is 0.160 e. The minimum atomic E-state index is -0.477. The van der Waals surface area contributed by atoms with E-state index in [1.807, 2.05) is 6.92 Å². The van der Waals surface area contributed by atoms with Gasteiger partial charge in [0.2, 0.25) is 0 Å². The molecule has 3 heteroatoms. The van der Waals surface area contributed by atoms with Crippen LogP contribution in [0.1, 0.15) is 6.92 Å². The molecule has 0 aromatic heterocycles. The molecule has 0 aromatic rings. The van der Waals surface area contributed by atoms with Crippen molar-refractivity contribution in [2.45, 2.75) is 19.3 Å². The number of aliphatic hydroxyl groups excluding tert-OH is 1. The summed E-state index contributed by atoms with van der Waals surface area (Å²) in [5.41, 5.74) is 0. The summed E-state index contributed by atoms with van der Waals surface area (Å²) in [7, 11) is 0. The highest BCUT2D eigenvalue weighted by Crippen LogP contribution is 1.87. The fourth-order valence-corrected chi connectivity index (χ4v) is 0.676. The summed E-state index contributed by atoms with van der Waals surface area (Å²) in [5.74, 6) is 0. The first-order valence-electron chi connectivity index (χ1n) is 2.46. The third kappa shape index (κ3) is 1.12. The zero-order chi connectivity index (χ0) is 5.28. The summed E-state index contributed by atoms with van der Waals surface area (Å²) in [5, 5.41) is 14.4. The zero-order valence-electron chi connectivity index (χ0n) is 4.31. The maximum Gasteiger partial charge on any atom is 0.160 e. The lowest BCUT2D eigenvalue weighted by molar-refractivity contribution is 0.134. The molecule has 1 saturated heterocycles. The first kappa shape index (κ1) is 5.03. The molecule has 0 spiro atoms. The van der Waals surface area contributed by atoms with Crippen molar-refractivity contribution in [3.63, 3.8) is 0 Å².